The number of rotatable bonds is 5. The van der Waals surface area contributed by atoms with E-state index < -0.39 is 29.6 Å². The SMILES string of the molecule is O=C(N[C@H]1N=C(c2ccccc2)c2cccc(F)c2NC1=O)c1c(-c2ccc(CO)cc2F)nn2c1OCCC2. The minimum absolute atomic E-state index is 0.0204. The van der Waals surface area contributed by atoms with E-state index in [1.165, 1.54) is 28.9 Å². The van der Waals surface area contributed by atoms with Crippen LogP contribution < -0.4 is 15.4 Å². The summed E-state index contributed by atoms with van der Waals surface area (Å²) in [4.78, 5) is 31.6. The van der Waals surface area contributed by atoms with Crippen molar-refractivity contribution in [2.75, 3.05) is 11.9 Å². The smallest absolute Gasteiger partial charge is 0.269 e. The van der Waals surface area contributed by atoms with Crippen LogP contribution in [0.5, 0.6) is 5.88 Å². The first-order chi connectivity index (χ1) is 19.4. The van der Waals surface area contributed by atoms with Gasteiger partial charge in [-0.25, -0.2) is 18.5 Å². The van der Waals surface area contributed by atoms with E-state index in [0.29, 0.717) is 42.0 Å². The van der Waals surface area contributed by atoms with E-state index in [9.17, 15) is 19.1 Å². The van der Waals surface area contributed by atoms with E-state index in [1.54, 1.807) is 30.3 Å². The summed E-state index contributed by atoms with van der Waals surface area (Å²) >= 11 is 0. The first-order valence-electron chi connectivity index (χ1n) is 12.6. The normalized spacial score (nSPS) is 16.1. The summed E-state index contributed by atoms with van der Waals surface area (Å²) in [6, 6.07) is 17.4. The van der Waals surface area contributed by atoms with Crippen LogP contribution in [0.15, 0.2) is 71.7 Å². The summed E-state index contributed by atoms with van der Waals surface area (Å²) in [6.45, 7) is 0.418. The van der Waals surface area contributed by atoms with Crippen LogP contribution in [0.1, 0.15) is 33.5 Å². The number of fused-ring (bicyclic) bond motifs is 2. The molecule has 3 N–H and O–H groups in total. The number of hydrogen-bond donors (Lipinski definition) is 3. The maximum absolute atomic E-state index is 15.1. The maximum Gasteiger partial charge on any atom is 0.269 e. The summed E-state index contributed by atoms with van der Waals surface area (Å²) in [5, 5.41) is 19.0. The zero-order valence-electron chi connectivity index (χ0n) is 21.0. The molecule has 0 aliphatic carbocycles. The Kier molecular flexibility index (Phi) is 6.56. The molecule has 0 bridgehead atoms. The fraction of sp³-hybridized carbons (Fsp3) is 0.172. The lowest BCUT2D eigenvalue weighted by atomic mass is 10.0. The van der Waals surface area contributed by atoms with Crippen molar-refractivity contribution < 1.29 is 28.2 Å². The number of hydrogen-bond acceptors (Lipinski definition) is 6. The molecule has 3 heterocycles. The lowest BCUT2D eigenvalue weighted by Crippen LogP contribution is -2.42. The summed E-state index contributed by atoms with van der Waals surface area (Å²) in [5.74, 6) is -2.72. The molecular formula is C29H23F2N5O4. The summed E-state index contributed by atoms with van der Waals surface area (Å²) in [7, 11) is 0. The number of amides is 2. The highest BCUT2D eigenvalue weighted by Crippen LogP contribution is 2.35. The molecule has 9 nitrogen and oxygen atoms in total. The highest BCUT2D eigenvalue weighted by molar-refractivity contribution is 6.20. The number of aromatic nitrogens is 2. The maximum atomic E-state index is 15.1. The van der Waals surface area contributed by atoms with Crippen molar-refractivity contribution >= 4 is 23.2 Å². The number of benzene rings is 3. The molecule has 1 aromatic heterocycles. The Morgan fingerprint density at radius 2 is 1.90 bits per heavy atom. The molecule has 11 heteroatoms. The van der Waals surface area contributed by atoms with Crippen LogP contribution in [0.2, 0.25) is 0 Å². The van der Waals surface area contributed by atoms with Gasteiger partial charge in [-0.2, -0.15) is 5.10 Å². The number of aliphatic imine (C=N–C) groups is 1. The molecule has 202 valence electrons. The highest BCUT2D eigenvalue weighted by atomic mass is 19.1. The standard InChI is InChI=1S/C29H23F2N5O4/c30-20-9-4-8-19-23(17-6-2-1-3-7-17)32-26(28(39)33-24(19)20)34-27(38)22-25(35-36-12-5-13-40-29(22)36)18-11-10-16(15-37)14-21(18)31/h1-4,6-11,14,26,37H,5,12-13,15H2,(H,33,39)(H,34,38)/t26-/m1/s1. The predicted molar refractivity (Wildman–Crippen MR) is 142 cm³/mol. The first-order valence-corrected chi connectivity index (χ1v) is 12.6. The van der Waals surface area contributed by atoms with Gasteiger partial charge in [0.1, 0.15) is 22.9 Å². The number of aliphatic hydroxyl groups excluding tert-OH is 1. The first kappa shape index (κ1) is 25.4. The van der Waals surface area contributed by atoms with E-state index in [1.807, 2.05) is 6.07 Å². The minimum atomic E-state index is -1.46. The molecule has 0 fully saturated rings. The van der Waals surface area contributed by atoms with Crippen LogP contribution in [0, 0.1) is 11.6 Å². The van der Waals surface area contributed by atoms with Crippen molar-refractivity contribution in [2.24, 2.45) is 4.99 Å². The molecule has 0 radical (unpaired) electrons. The molecule has 2 aliphatic heterocycles. The molecule has 0 saturated carbocycles. The Morgan fingerprint density at radius 1 is 1.07 bits per heavy atom. The van der Waals surface area contributed by atoms with Gasteiger partial charge in [-0.1, -0.05) is 48.5 Å². The number of carbonyl (C=O) groups excluding carboxylic acids is 2. The van der Waals surface area contributed by atoms with E-state index in [2.05, 4.69) is 20.7 Å². The fourth-order valence-corrected chi connectivity index (χ4v) is 4.79. The van der Waals surface area contributed by atoms with Crippen molar-refractivity contribution in [1.29, 1.82) is 0 Å². The number of ether oxygens (including phenoxy) is 1. The third kappa shape index (κ3) is 4.50. The number of para-hydroxylation sites is 1. The van der Waals surface area contributed by atoms with Crippen LogP contribution >= 0.6 is 0 Å². The van der Waals surface area contributed by atoms with Crippen LogP contribution in [0.4, 0.5) is 14.5 Å². The van der Waals surface area contributed by atoms with Crippen LogP contribution in [-0.4, -0.2) is 45.2 Å². The Bertz CT molecular complexity index is 1670. The molecule has 40 heavy (non-hydrogen) atoms. The molecule has 0 unspecified atom stereocenters. The second-order valence-electron chi connectivity index (χ2n) is 9.30. The van der Waals surface area contributed by atoms with Gasteiger partial charge in [-0.05, 0) is 23.8 Å². The summed E-state index contributed by atoms with van der Waals surface area (Å²) in [5.41, 5.74) is 1.57. The minimum Gasteiger partial charge on any atom is -0.477 e. The average Bonchev–Trinajstić information content (AvgIpc) is 3.29. The van der Waals surface area contributed by atoms with Gasteiger partial charge in [0, 0.05) is 29.7 Å². The molecule has 2 amide bonds. The fourth-order valence-electron chi connectivity index (χ4n) is 4.79. The summed E-state index contributed by atoms with van der Waals surface area (Å²) in [6.07, 6.45) is -0.816. The molecule has 0 spiro atoms. The molecule has 6 rings (SSSR count). The lowest BCUT2D eigenvalue weighted by Gasteiger charge is -2.17. The van der Waals surface area contributed by atoms with Gasteiger partial charge in [0.15, 0.2) is 0 Å². The van der Waals surface area contributed by atoms with Gasteiger partial charge in [0.05, 0.1) is 24.6 Å². The van der Waals surface area contributed by atoms with Crippen molar-refractivity contribution in [3.05, 3.63) is 101 Å². The number of aryl methyl sites for hydroxylation is 1. The lowest BCUT2D eigenvalue weighted by molar-refractivity contribution is -0.117. The molecule has 0 saturated heterocycles. The van der Waals surface area contributed by atoms with Gasteiger partial charge in [0.2, 0.25) is 12.0 Å². The average molecular weight is 544 g/mol. The van der Waals surface area contributed by atoms with E-state index in [-0.39, 0.29) is 35.0 Å². The number of anilines is 1. The number of nitrogens with one attached hydrogen (secondary N) is 2. The quantitative estimate of drug-likeness (QED) is 0.355. The van der Waals surface area contributed by atoms with Gasteiger partial charge in [0.25, 0.3) is 11.8 Å². The van der Waals surface area contributed by atoms with Crippen molar-refractivity contribution in [3.63, 3.8) is 0 Å². The predicted octanol–water partition coefficient (Wildman–Crippen LogP) is 3.65. The van der Waals surface area contributed by atoms with E-state index >= 15 is 4.39 Å². The number of carbonyl (C=O) groups is 2. The highest BCUT2D eigenvalue weighted by Gasteiger charge is 2.34. The molecular weight excluding hydrogens is 520 g/mol. The molecule has 4 aromatic rings. The Labute approximate surface area is 227 Å². The number of benzodiazepines with no additional fused rings is 1. The van der Waals surface area contributed by atoms with Crippen LogP contribution in [0.3, 0.4) is 0 Å². The monoisotopic (exact) mass is 543 g/mol. The van der Waals surface area contributed by atoms with Crippen molar-refractivity contribution in [2.45, 2.75) is 25.7 Å². The largest absolute Gasteiger partial charge is 0.477 e. The second kappa shape index (κ2) is 10.3. The number of nitrogens with zero attached hydrogens (tertiary/aromatic N) is 3. The molecule has 1 atom stereocenters. The van der Waals surface area contributed by atoms with Gasteiger partial charge in [-0.3, -0.25) is 9.59 Å². The van der Waals surface area contributed by atoms with Gasteiger partial charge in [-0.15, -0.1) is 0 Å². The Morgan fingerprint density at radius 3 is 2.67 bits per heavy atom. The Hall–Kier alpha value is -4.90. The topological polar surface area (TPSA) is 118 Å². The molecule has 2 aliphatic rings. The third-order valence-corrected chi connectivity index (χ3v) is 6.70. The number of aliphatic hydroxyl groups is 1. The van der Waals surface area contributed by atoms with Crippen molar-refractivity contribution in [1.82, 2.24) is 15.1 Å². The van der Waals surface area contributed by atoms with E-state index in [0.717, 1.165) is 6.07 Å². The molecule has 3 aromatic carbocycles. The Balaban J connectivity index is 1.43. The van der Waals surface area contributed by atoms with Crippen molar-refractivity contribution in [3.8, 4) is 17.1 Å². The summed E-state index contributed by atoms with van der Waals surface area (Å²) < 4.78 is 37.1. The van der Waals surface area contributed by atoms with Crippen LogP contribution in [-0.2, 0) is 17.9 Å². The third-order valence-electron chi connectivity index (χ3n) is 6.70. The van der Waals surface area contributed by atoms with Gasteiger partial charge >= 0.3 is 0 Å². The van der Waals surface area contributed by atoms with E-state index in [4.69, 9.17) is 4.74 Å². The number of halogens is 2. The zero-order valence-corrected chi connectivity index (χ0v) is 21.0. The van der Waals surface area contributed by atoms with Crippen LogP contribution in [0.25, 0.3) is 11.3 Å². The zero-order chi connectivity index (χ0) is 27.8. The van der Waals surface area contributed by atoms with Gasteiger partial charge < -0.3 is 20.5 Å². The second-order valence-corrected chi connectivity index (χ2v) is 9.30.